The molecule has 0 fully saturated rings. The third kappa shape index (κ3) is 2.82. The second kappa shape index (κ2) is 5.12. The maximum atomic E-state index is 11.0. The first-order chi connectivity index (χ1) is 6.65. The zero-order valence-electron chi connectivity index (χ0n) is 8.69. The number of rotatable bonds is 4. The van der Waals surface area contributed by atoms with Crippen molar-refractivity contribution in [2.45, 2.75) is 13.0 Å². The maximum Gasteiger partial charge on any atom is 0.319 e. The van der Waals surface area contributed by atoms with Crippen LogP contribution in [0.3, 0.4) is 0 Å². The molecular formula is C10H15NO2S. The molecule has 0 bridgehead atoms. The highest BCUT2D eigenvalue weighted by atomic mass is 32.1. The Bertz CT molecular complexity index is 284. The summed E-state index contributed by atoms with van der Waals surface area (Å²) in [6, 6.07) is 4.35. The number of hydrogen-bond donors (Lipinski definition) is 0. The number of esters is 1. The highest BCUT2D eigenvalue weighted by molar-refractivity contribution is 7.10. The molecule has 0 saturated heterocycles. The molecule has 1 atom stereocenters. The molecule has 0 aliphatic carbocycles. The van der Waals surface area contributed by atoms with Gasteiger partial charge < -0.3 is 4.74 Å². The number of ether oxygens (including phenoxy) is 1. The number of carbonyl (C=O) groups excluding carboxylic acids is 1. The Hall–Kier alpha value is -0.870. The number of hydrogen-bond acceptors (Lipinski definition) is 4. The van der Waals surface area contributed by atoms with Gasteiger partial charge in [-0.05, 0) is 25.4 Å². The molecule has 0 aliphatic rings. The summed E-state index contributed by atoms with van der Waals surface area (Å²) in [4.78, 5) is 14.3. The third-order valence-electron chi connectivity index (χ3n) is 2.22. The lowest BCUT2D eigenvalue weighted by atomic mass is 10.2. The highest BCUT2D eigenvalue weighted by Gasteiger charge is 2.15. The molecule has 0 N–H and O–H groups in total. The Kier molecular flexibility index (Phi) is 4.10. The Morgan fingerprint density at radius 2 is 2.43 bits per heavy atom. The number of nitrogens with zero attached hydrogens (tertiary/aromatic N) is 1. The lowest BCUT2D eigenvalue weighted by Gasteiger charge is -2.22. The van der Waals surface area contributed by atoms with Crippen molar-refractivity contribution < 1.29 is 9.53 Å². The summed E-state index contributed by atoms with van der Waals surface area (Å²) in [6.07, 6.45) is 0. The summed E-state index contributed by atoms with van der Waals surface area (Å²) < 4.78 is 4.61. The number of thiophene rings is 1. The first kappa shape index (κ1) is 11.2. The van der Waals surface area contributed by atoms with E-state index in [0.29, 0.717) is 6.54 Å². The predicted molar refractivity (Wildman–Crippen MR) is 57.4 cm³/mol. The minimum absolute atomic E-state index is 0.198. The van der Waals surface area contributed by atoms with Gasteiger partial charge in [-0.1, -0.05) is 6.07 Å². The summed E-state index contributed by atoms with van der Waals surface area (Å²) in [5.41, 5.74) is 0. The van der Waals surface area contributed by atoms with Crippen LogP contribution in [-0.2, 0) is 9.53 Å². The fourth-order valence-corrected chi connectivity index (χ4v) is 2.00. The molecule has 1 aromatic heterocycles. The number of likely N-dealkylation sites (N-methyl/N-ethyl adjacent to an activating group) is 1. The Labute approximate surface area is 88.3 Å². The summed E-state index contributed by atoms with van der Waals surface area (Å²) in [5, 5.41) is 2.04. The van der Waals surface area contributed by atoms with Gasteiger partial charge >= 0.3 is 5.97 Å². The average Bonchev–Trinajstić information content (AvgIpc) is 2.69. The van der Waals surface area contributed by atoms with Crippen LogP contribution in [0, 0.1) is 0 Å². The van der Waals surface area contributed by atoms with Crippen molar-refractivity contribution in [1.29, 1.82) is 0 Å². The van der Waals surface area contributed by atoms with Crippen LogP contribution >= 0.6 is 11.3 Å². The van der Waals surface area contributed by atoms with Crippen LogP contribution < -0.4 is 0 Å². The van der Waals surface area contributed by atoms with Gasteiger partial charge in [0.15, 0.2) is 0 Å². The summed E-state index contributed by atoms with van der Waals surface area (Å²) in [6.45, 7) is 2.41. The largest absolute Gasteiger partial charge is 0.468 e. The van der Waals surface area contributed by atoms with Crippen molar-refractivity contribution in [1.82, 2.24) is 4.90 Å². The number of methoxy groups -OCH3 is 1. The smallest absolute Gasteiger partial charge is 0.319 e. The van der Waals surface area contributed by atoms with E-state index in [1.54, 1.807) is 11.3 Å². The average molecular weight is 213 g/mol. The van der Waals surface area contributed by atoms with Crippen molar-refractivity contribution in [2.75, 3.05) is 20.7 Å². The normalized spacial score (nSPS) is 12.9. The monoisotopic (exact) mass is 213 g/mol. The fourth-order valence-electron chi connectivity index (χ4n) is 1.15. The van der Waals surface area contributed by atoms with E-state index in [9.17, 15) is 4.79 Å². The van der Waals surface area contributed by atoms with Gasteiger partial charge in [0, 0.05) is 10.9 Å². The van der Waals surface area contributed by atoms with Gasteiger partial charge in [0.2, 0.25) is 0 Å². The fraction of sp³-hybridized carbons (Fsp3) is 0.500. The standard InChI is InChI=1S/C10H15NO2S/c1-8(9-5-4-6-14-9)11(2)7-10(12)13-3/h4-6,8H,7H2,1-3H3. The minimum Gasteiger partial charge on any atom is -0.468 e. The van der Waals surface area contributed by atoms with Gasteiger partial charge in [-0.3, -0.25) is 9.69 Å². The van der Waals surface area contributed by atoms with E-state index in [4.69, 9.17) is 0 Å². The molecule has 1 aromatic rings. The highest BCUT2D eigenvalue weighted by Crippen LogP contribution is 2.22. The van der Waals surface area contributed by atoms with E-state index in [0.717, 1.165) is 0 Å². The molecule has 0 aliphatic heterocycles. The zero-order valence-corrected chi connectivity index (χ0v) is 9.50. The third-order valence-corrected chi connectivity index (χ3v) is 3.26. The second-order valence-electron chi connectivity index (χ2n) is 3.18. The lowest BCUT2D eigenvalue weighted by Crippen LogP contribution is -2.28. The Morgan fingerprint density at radius 1 is 1.71 bits per heavy atom. The van der Waals surface area contributed by atoms with Crippen molar-refractivity contribution >= 4 is 17.3 Å². The Morgan fingerprint density at radius 3 is 2.93 bits per heavy atom. The molecule has 0 amide bonds. The van der Waals surface area contributed by atoms with E-state index in [2.05, 4.69) is 17.7 Å². The quantitative estimate of drug-likeness (QED) is 0.716. The summed E-state index contributed by atoms with van der Waals surface area (Å²) in [5.74, 6) is -0.198. The molecule has 14 heavy (non-hydrogen) atoms. The maximum absolute atomic E-state index is 11.0. The van der Waals surface area contributed by atoms with Crippen LogP contribution in [-0.4, -0.2) is 31.6 Å². The van der Waals surface area contributed by atoms with Gasteiger partial charge in [0.05, 0.1) is 13.7 Å². The van der Waals surface area contributed by atoms with Gasteiger partial charge in [-0.25, -0.2) is 0 Å². The molecule has 1 unspecified atom stereocenters. The van der Waals surface area contributed by atoms with E-state index in [1.165, 1.54) is 12.0 Å². The molecule has 78 valence electrons. The first-order valence-corrected chi connectivity index (χ1v) is 5.33. The van der Waals surface area contributed by atoms with Crippen molar-refractivity contribution in [3.05, 3.63) is 22.4 Å². The van der Waals surface area contributed by atoms with Crippen LogP contribution in [0.25, 0.3) is 0 Å². The summed E-state index contributed by atoms with van der Waals surface area (Å²) in [7, 11) is 3.33. The SMILES string of the molecule is COC(=O)CN(C)C(C)c1cccs1. The van der Waals surface area contributed by atoms with E-state index in [1.807, 2.05) is 23.4 Å². The molecule has 1 heterocycles. The predicted octanol–water partition coefficient (Wildman–Crippen LogP) is 1.91. The summed E-state index contributed by atoms with van der Waals surface area (Å²) >= 11 is 1.70. The number of carbonyl (C=O) groups is 1. The van der Waals surface area contributed by atoms with Crippen molar-refractivity contribution in [2.24, 2.45) is 0 Å². The van der Waals surface area contributed by atoms with Crippen molar-refractivity contribution in [3.63, 3.8) is 0 Å². The van der Waals surface area contributed by atoms with Gasteiger partial charge in [0.25, 0.3) is 0 Å². The van der Waals surface area contributed by atoms with Crippen LogP contribution in [0.4, 0.5) is 0 Å². The molecular weight excluding hydrogens is 198 g/mol. The molecule has 0 saturated carbocycles. The zero-order chi connectivity index (χ0) is 10.6. The minimum atomic E-state index is -0.198. The molecule has 0 aromatic carbocycles. The van der Waals surface area contributed by atoms with Crippen LogP contribution in [0.2, 0.25) is 0 Å². The van der Waals surface area contributed by atoms with Crippen molar-refractivity contribution in [3.8, 4) is 0 Å². The van der Waals surface area contributed by atoms with Gasteiger partial charge in [-0.15, -0.1) is 11.3 Å². The first-order valence-electron chi connectivity index (χ1n) is 4.45. The molecule has 0 radical (unpaired) electrons. The molecule has 4 heteroatoms. The van der Waals surface area contributed by atoms with Crippen LogP contribution in [0.15, 0.2) is 17.5 Å². The Balaban J connectivity index is 2.53. The van der Waals surface area contributed by atoms with E-state index in [-0.39, 0.29) is 12.0 Å². The van der Waals surface area contributed by atoms with Gasteiger partial charge in [0.1, 0.15) is 0 Å². The van der Waals surface area contributed by atoms with E-state index < -0.39 is 0 Å². The van der Waals surface area contributed by atoms with E-state index >= 15 is 0 Å². The second-order valence-corrected chi connectivity index (χ2v) is 4.16. The van der Waals surface area contributed by atoms with Crippen LogP contribution in [0.5, 0.6) is 0 Å². The lowest BCUT2D eigenvalue weighted by molar-refractivity contribution is -0.142. The molecule has 3 nitrogen and oxygen atoms in total. The topological polar surface area (TPSA) is 29.5 Å². The molecule has 0 spiro atoms. The molecule has 1 rings (SSSR count). The van der Waals surface area contributed by atoms with Crippen LogP contribution in [0.1, 0.15) is 17.8 Å². The van der Waals surface area contributed by atoms with Gasteiger partial charge in [-0.2, -0.15) is 0 Å².